The Bertz CT molecular complexity index is 1180. The normalized spacial score (nSPS) is 18.3. The Balaban J connectivity index is 1.64. The summed E-state index contributed by atoms with van der Waals surface area (Å²) in [4.78, 5) is 43.0. The number of amides is 2. The topological polar surface area (TPSA) is 131 Å². The van der Waals surface area contributed by atoms with E-state index in [4.69, 9.17) is 4.42 Å². The molecule has 10 heteroatoms. The van der Waals surface area contributed by atoms with E-state index in [0.717, 1.165) is 25.7 Å². The highest BCUT2D eigenvalue weighted by Crippen LogP contribution is 2.35. The van der Waals surface area contributed by atoms with Crippen LogP contribution in [0, 0.1) is 16.0 Å². The Hall–Kier alpha value is -3.79. The van der Waals surface area contributed by atoms with Crippen molar-refractivity contribution in [1.82, 2.24) is 9.88 Å². The summed E-state index contributed by atoms with van der Waals surface area (Å²) >= 11 is 0. The number of carbonyl (C=O) groups excluding carboxylic acids is 2. The first-order chi connectivity index (χ1) is 15.8. The largest absolute Gasteiger partial charge is 0.449 e. The summed E-state index contributed by atoms with van der Waals surface area (Å²) in [5.41, 5.74) is 0.224. The van der Waals surface area contributed by atoms with Gasteiger partial charge in [0.2, 0.25) is 11.7 Å². The van der Waals surface area contributed by atoms with Gasteiger partial charge < -0.3 is 20.0 Å². The molecule has 0 unspecified atom stereocenters. The number of non-ortho nitro benzene ring substituents is 1. The SMILES string of the molecule is CN(C)C1CCC(C(=O)Nc2c(C(=O)Nc3ccccn3)oc3ccc([N+](=O)[O-])cc23)CC1. The van der Waals surface area contributed by atoms with Crippen molar-refractivity contribution >= 4 is 40.0 Å². The van der Waals surface area contributed by atoms with Gasteiger partial charge in [0.05, 0.1) is 10.3 Å². The van der Waals surface area contributed by atoms with Gasteiger partial charge in [-0.2, -0.15) is 0 Å². The molecule has 1 aliphatic carbocycles. The van der Waals surface area contributed by atoms with E-state index in [0.29, 0.717) is 17.2 Å². The fourth-order valence-electron chi connectivity index (χ4n) is 4.17. The van der Waals surface area contributed by atoms with Crippen molar-refractivity contribution in [2.75, 3.05) is 24.7 Å². The quantitative estimate of drug-likeness (QED) is 0.427. The lowest BCUT2D eigenvalue weighted by atomic mass is 9.85. The minimum atomic E-state index is -0.612. The molecular formula is C23H25N5O5. The summed E-state index contributed by atoms with van der Waals surface area (Å²) in [7, 11) is 4.06. The number of fused-ring (bicyclic) bond motifs is 1. The third-order valence-electron chi connectivity index (χ3n) is 6.04. The summed E-state index contributed by atoms with van der Waals surface area (Å²) in [6.45, 7) is 0. The molecule has 0 atom stereocenters. The van der Waals surface area contributed by atoms with Gasteiger partial charge in [0.25, 0.3) is 11.6 Å². The number of benzene rings is 1. The number of nitrogens with zero attached hydrogens (tertiary/aromatic N) is 3. The maximum absolute atomic E-state index is 13.1. The van der Waals surface area contributed by atoms with E-state index in [9.17, 15) is 19.7 Å². The summed E-state index contributed by atoms with van der Waals surface area (Å²) in [6.07, 6.45) is 4.77. The molecule has 2 amide bonds. The lowest BCUT2D eigenvalue weighted by Crippen LogP contribution is -2.35. The number of nitro benzene ring substituents is 1. The fourth-order valence-corrected chi connectivity index (χ4v) is 4.17. The molecule has 1 saturated carbocycles. The first-order valence-electron chi connectivity index (χ1n) is 10.7. The van der Waals surface area contributed by atoms with E-state index in [1.807, 2.05) is 14.1 Å². The summed E-state index contributed by atoms with van der Waals surface area (Å²) in [6, 6.07) is 9.50. The number of carbonyl (C=O) groups is 2. The van der Waals surface area contributed by atoms with Crippen molar-refractivity contribution in [3.63, 3.8) is 0 Å². The van der Waals surface area contributed by atoms with Gasteiger partial charge in [-0.05, 0) is 58.0 Å². The molecule has 172 valence electrons. The van der Waals surface area contributed by atoms with Gasteiger partial charge in [0.1, 0.15) is 17.1 Å². The minimum absolute atomic E-state index is 0.127. The Morgan fingerprint density at radius 2 is 1.88 bits per heavy atom. The third-order valence-corrected chi connectivity index (χ3v) is 6.04. The number of nitrogens with one attached hydrogen (secondary N) is 2. The lowest BCUT2D eigenvalue weighted by molar-refractivity contribution is -0.384. The van der Waals surface area contributed by atoms with Crippen LogP contribution in [0.15, 0.2) is 47.0 Å². The molecule has 0 spiro atoms. The van der Waals surface area contributed by atoms with Crippen molar-refractivity contribution in [2.45, 2.75) is 31.7 Å². The summed E-state index contributed by atoms with van der Waals surface area (Å²) < 4.78 is 5.72. The number of anilines is 2. The van der Waals surface area contributed by atoms with Crippen LogP contribution in [0.2, 0.25) is 0 Å². The number of hydrogen-bond donors (Lipinski definition) is 2. The number of rotatable bonds is 6. The van der Waals surface area contributed by atoms with E-state index in [1.54, 1.807) is 18.2 Å². The fraction of sp³-hybridized carbons (Fsp3) is 0.348. The molecule has 10 nitrogen and oxygen atoms in total. The minimum Gasteiger partial charge on any atom is -0.449 e. The standard InChI is InChI=1S/C23H25N5O5/c1-27(2)15-8-6-14(7-9-15)22(29)26-20-17-13-16(28(31)32)10-11-18(17)33-21(20)23(30)25-19-5-3-4-12-24-19/h3-5,10-15H,6-9H2,1-2H3,(H,26,29)(H,24,25,30). The second-order valence-corrected chi connectivity index (χ2v) is 8.37. The number of pyridine rings is 1. The lowest BCUT2D eigenvalue weighted by Gasteiger charge is -2.31. The molecule has 0 aliphatic heterocycles. The Kier molecular flexibility index (Phi) is 6.36. The van der Waals surface area contributed by atoms with Gasteiger partial charge >= 0.3 is 0 Å². The molecule has 0 bridgehead atoms. The summed E-state index contributed by atoms with van der Waals surface area (Å²) in [5, 5.41) is 17.0. The predicted octanol–water partition coefficient (Wildman–Crippen LogP) is 4.05. The van der Waals surface area contributed by atoms with Crippen LogP contribution in [0.4, 0.5) is 17.2 Å². The highest BCUT2D eigenvalue weighted by Gasteiger charge is 2.30. The molecule has 0 saturated heterocycles. The second-order valence-electron chi connectivity index (χ2n) is 8.37. The van der Waals surface area contributed by atoms with Crippen molar-refractivity contribution in [3.8, 4) is 0 Å². The van der Waals surface area contributed by atoms with Crippen LogP contribution in [0.1, 0.15) is 36.2 Å². The smallest absolute Gasteiger partial charge is 0.294 e. The van der Waals surface area contributed by atoms with Gasteiger partial charge in [-0.3, -0.25) is 19.7 Å². The molecule has 2 aromatic heterocycles. The Labute approximate surface area is 190 Å². The van der Waals surface area contributed by atoms with E-state index < -0.39 is 10.8 Å². The maximum atomic E-state index is 13.1. The van der Waals surface area contributed by atoms with Crippen LogP contribution in [-0.2, 0) is 4.79 Å². The molecule has 2 heterocycles. The number of furan rings is 1. The molecular weight excluding hydrogens is 426 g/mol. The van der Waals surface area contributed by atoms with Crippen LogP contribution in [0.5, 0.6) is 0 Å². The first kappa shape index (κ1) is 22.4. The first-order valence-corrected chi connectivity index (χ1v) is 10.7. The molecule has 1 fully saturated rings. The highest BCUT2D eigenvalue weighted by atomic mass is 16.6. The zero-order valence-corrected chi connectivity index (χ0v) is 18.4. The van der Waals surface area contributed by atoms with E-state index in [1.165, 1.54) is 24.4 Å². The number of nitro groups is 1. The van der Waals surface area contributed by atoms with Gasteiger partial charge in [-0.1, -0.05) is 6.07 Å². The number of aromatic nitrogens is 1. The number of hydrogen-bond acceptors (Lipinski definition) is 7. The zero-order chi connectivity index (χ0) is 23.5. The molecule has 3 aromatic rings. The predicted molar refractivity (Wildman–Crippen MR) is 123 cm³/mol. The monoisotopic (exact) mass is 451 g/mol. The van der Waals surface area contributed by atoms with Gasteiger partial charge in [-0.15, -0.1) is 0 Å². The summed E-state index contributed by atoms with van der Waals surface area (Å²) in [5.74, 6) is -0.872. The van der Waals surface area contributed by atoms with Crippen molar-refractivity contribution < 1.29 is 18.9 Å². The van der Waals surface area contributed by atoms with Crippen LogP contribution in [0.3, 0.4) is 0 Å². The maximum Gasteiger partial charge on any atom is 0.294 e. The molecule has 1 aromatic carbocycles. The molecule has 4 rings (SSSR count). The molecule has 1 aliphatic rings. The molecule has 0 radical (unpaired) electrons. The highest BCUT2D eigenvalue weighted by molar-refractivity contribution is 6.14. The average Bonchev–Trinajstić information content (AvgIpc) is 3.17. The van der Waals surface area contributed by atoms with Crippen LogP contribution >= 0.6 is 0 Å². The Morgan fingerprint density at radius 1 is 1.12 bits per heavy atom. The van der Waals surface area contributed by atoms with Crippen LogP contribution < -0.4 is 10.6 Å². The van der Waals surface area contributed by atoms with Gasteiger partial charge in [-0.25, -0.2) is 4.98 Å². The molecule has 2 N–H and O–H groups in total. The van der Waals surface area contributed by atoms with E-state index in [2.05, 4.69) is 20.5 Å². The zero-order valence-electron chi connectivity index (χ0n) is 18.4. The van der Waals surface area contributed by atoms with Crippen molar-refractivity contribution in [2.24, 2.45) is 5.92 Å². The van der Waals surface area contributed by atoms with Crippen LogP contribution in [0.25, 0.3) is 11.0 Å². The Morgan fingerprint density at radius 3 is 2.52 bits per heavy atom. The third kappa shape index (κ3) is 4.85. The van der Waals surface area contributed by atoms with Gasteiger partial charge in [0.15, 0.2) is 0 Å². The van der Waals surface area contributed by atoms with Crippen molar-refractivity contribution in [3.05, 3.63) is 58.5 Å². The average molecular weight is 451 g/mol. The van der Waals surface area contributed by atoms with E-state index in [-0.39, 0.29) is 34.5 Å². The van der Waals surface area contributed by atoms with Crippen molar-refractivity contribution in [1.29, 1.82) is 0 Å². The van der Waals surface area contributed by atoms with E-state index >= 15 is 0 Å². The second kappa shape index (κ2) is 9.37. The van der Waals surface area contributed by atoms with Crippen LogP contribution in [-0.4, -0.2) is 46.8 Å². The van der Waals surface area contributed by atoms with Gasteiger partial charge in [0, 0.05) is 30.3 Å². The molecule has 33 heavy (non-hydrogen) atoms.